The summed E-state index contributed by atoms with van der Waals surface area (Å²) in [4.78, 5) is 24.0. The van der Waals surface area contributed by atoms with E-state index < -0.39 is 41.4 Å². The third-order valence-corrected chi connectivity index (χ3v) is 5.07. The van der Waals surface area contributed by atoms with Crippen LogP contribution in [0.4, 0.5) is 13.2 Å². The number of carbonyl (C=O) groups is 2. The number of carboxylic acids is 1. The minimum atomic E-state index is -3.04. The lowest BCUT2D eigenvalue weighted by Gasteiger charge is -2.16. The van der Waals surface area contributed by atoms with Crippen molar-refractivity contribution in [2.24, 2.45) is 7.05 Å². The molecule has 10 heteroatoms. The van der Waals surface area contributed by atoms with Crippen LogP contribution in [-0.2, 0) is 13.5 Å². The Hall–Kier alpha value is -3.82. The summed E-state index contributed by atoms with van der Waals surface area (Å²) in [5, 5.41) is 15.4. The van der Waals surface area contributed by atoms with Gasteiger partial charge in [-0.25, -0.2) is 22.6 Å². The predicted octanol–water partition coefficient (Wildman–Crippen LogP) is 5.04. The maximum atomic E-state index is 13.8. The monoisotopic (exact) mass is 461 g/mol. The smallest absolute Gasteiger partial charge is 0.335 e. The number of ether oxygens (including phenoxy) is 1. The first-order valence-corrected chi connectivity index (χ1v) is 10.1. The Bertz CT molecular complexity index is 1180. The van der Waals surface area contributed by atoms with Crippen molar-refractivity contribution < 1.29 is 32.6 Å². The highest BCUT2D eigenvalue weighted by Crippen LogP contribution is 2.33. The largest absolute Gasteiger partial charge is 0.478 e. The summed E-state index contributed by atoms with van der Waals surface area (Å²) in [5.74, 6) is -2.41. The molecule has 1 aromatic heterocycles. The van der Waals surface area contributed by atoms with E-state index in [4.69, 9.17) is 9.84 Å². The molecule has 0 radical (unpaired) electrons. The maximum absolute atomic E-state index is 13.8. The summed E-state index contributed by atoms with van der Waals surface area (Å²) >= 11 is 0. The molecule has 0 saturated heterocycles. The predicted molar refractivity (Wildman–Crippen MR) is 113 cm³/mol. The normalized spacial score (nSPS) is 12.0. The SMILES string of the molecule is CCc1cc(Oc2c(C(=O)NC(C)c3ccc(C(=O)O)cc3)c(C(F)F)nn2C)ccc1F. The number of carbonyl (C=O) groups excluding carboxylic acids is 1. The van der Waals surface area contributed by atoms with Crippen LogP contribution in [0.1, 0.15) is 63.9 Å². The number of carboxylic acid groups (broad SMARTS) is 1. The molecule has 3 aromatic rings. The molecule has 1 amide bonds. The van der Waals surface area contributed by atoms with Gasteiger partial charge in [0.1, 0.15) is 22.8 Å². The molecule has 3 rings (SSSR count). The molecule has 0 fully saturated rings. The summed E-state index contributed by atoms with van der Waals surface area (Å²) in [7, 11) is 1.36. The molecule has 1 atom stereocenters. The molecule has 33 heavy (non-hydrogen) atoms. The Morgan fingerprint density at radius 2 is 1.85 bits per heavy atom. The van der Waals surface area contributed by atoms with E-state index in [-0.39, 0.29) is 17.2 Å². The number of rotatable bonds is 8. The second kappa shape index (κ2) is 9.76. The lowest BCUT2D eigenvalue weighted by Crippen LogP contribution is -2.27. The highest BCUT2D eigenvalue weighted by Gasteiger charge is 2.30. The summed E-state index contributed by atoms with van der Waals surface area (Å²) in [6.45, 7) is 3.38. The third kappa shape index (κ3) is 5.16. The maximum Gasteiger partial charge on any atom is 0.335 e. The summed E-state index contributed by atoms with van der Waals surface area (Å²) in [6.07, 6.45) is -2.65. The molecule has 1 unspecified atom stereocenters. The Balaban J connectivity index is 1.92. The Morgan fingerprint density at radius 1 is 1.18 bits per heavy atom. The Morgan fingerprint density at radius 3 is 2.42 bits per heavy atom. The van der Waals surface area contributed by atoms with Gasteiger partial charge in [-0.3, -0.25) is 4.79 Å². The van der Waals surface area contributed by atoms with Crippen molar-refractivity contribution in [3.8, 4) is 11.6 Å². The van der Waals surface area contributed by atoms with Crippen LogP contribution in [0, 0.1) is 5.82 Å². The average molecular weight is 461 g/mol. The van der Waals surface area contributed by atoms with Gasteiger partial charge in [0.25, 0.3) is 12.3 Å². The number of benzene rings is 2. The number of alkyl halides is 2. The molecule has 2 aromatic carbocycles. The van der Waals surface area contributed by atoms with Crippen molar-refractivity contribution in [2.45, 2.75) is 32.7 Å². The molecule has 7 nitrogen and oxygen atoms in total. The molecular formula is C23H22F3N3O4. The molecular weight excluding hydrogens is 439 g/mol. The zero-order valence-corrected chi connectivity index (χ0v) is 18.1. The Labute approximate surface area is 187 Å². The number of nitrogens with one attached hydrogen (secondary N) is 1. The van der Waals surface area contributed by atoms with Gasteiger partial charge in [0.05, 0.1) is 11.6 Å². The number of halogens is 3. The van der Waals surface area contributed by atoms with Gasteiger partial charge in [-0.1, -0.05) is 19.1 Å². The standard InChI is InChI=1S/C23H22F3N3O4/c1-4-13-11-16(9-10-17(13)24)33-22-18(19(20(25)26)28-29(22)3)21(30)27-12(2)14-5-7-15(8-6-14)23(31)32/h5-12,20H,4H2,1-3H3,(H,27,30)(H,31,32). The van der Waals surface area contributed by atoms with Crippen molar-refractivity contribution in [3.05, 3.63) is 76.2 Å². The van der Waals surface area contributed by atoms with Crippen molar-refractivity contribution in [2.75, 3.05) is 0 Å². The zero-order valence-electron chi connectivity index (χ0n) is 18.1. The van der Waals surface area contributed by atoms with Crippen molar-refractivity contribution in [1.29, 1.82) is 0 Å². The van der Waals surface area contributed by atoms with Crippen LogP contribution in [0.15, 0.2) is 42.5 Å². The fourth-order valence-corrected chi connectivity index (χ4v) is 3.28. The molecule has 1 heterocycles. The fraction of sp³-hybridized carbons (Fsp3) is 0.261. The topological polar surface area (TPSA) is 93.4 Å². The molecule has 0 spiro atoms. The van der Waals surface area contributed by atoms with Gasteiger partial charge >= 0.3 is 5.97 Å². The van der Waals surface area contributed by atoms with Gasteiger partial charge < -0.3 is 15.2 Å². The van der Waals surface area contributed by atoms with Crippen LogP contribution in [0.25, 0.3) is 0 Å². The second-order valence-electron chi connectivity index (χ2n) is 7.32. The fourth-order valence-electron chi connectivity index (χ4n) is 3.28. The highest BCUT2D eigenvalue weighted by molar-refractivity contribution is 5.98. The number of aryl methyl sites for hydroxylation is 2. The Kier molecular flexibility index (Phi) is 7.05. The van der Waals surface area contributed by atoms with E-state index in [1.807, 2.05) is 0 Å². The van der Waals surface area contributed by atoms with E-state index in [9.17, 15) is 22.8 Å². The number of aromatic carboxylic acids is 1. The van der Waals surface area contributed by atoms with Crippen LogP contribution in [0.5, 0.6) is 11.6 Å². The molecule has 0 aliphatic heterocycles. The molecule has 0 saturated carbocycles. The van der Waals surface area contributed by atoms with Crippen molar-refractivity contribution >= 4 is 11.9 Å². The van der Waals surface area contributed by atoms with Gasteiger partial charge in [0.15, 0.2) is 0 Å². The molecule has 0 bridgehead atoms. The van der Waals surface area contributed by atoms with Crippen LogP contribution in [0.3, 0.4) is 0 Å². The summed E-state index contributed by atoms with van der Waals surface area (Å²) < 4.78 is 47.8. The van der Waals surface area contributed by atoms with E-state index >= 15 is 0 Å². The lowest BCUT2D eigenvalue weighted by molar-refractivity contribution is 0.0696. The van der Waals surface area contributed by atoms with Crippen LogP contribution in [0.2, 0.25) is 0 Å². The average Bonchev–Trinajstić information content (AvgIpc) is 3.11. The third-order valence-electron chi connectivity index (χ3n) is 5.07. The van der Waals surface area contributed by atoms with Crippen LogP contribution < -0.4 is 10.1 Å². The van der Waals surface area contributed by atoms with Gasteiger partial charge in [-0.05, 0) is 54.8 Å². The van der Waals surface area contributed by atoms with Gasteiger partial charge in [-0.15, -0.1) is 0 Å². The summed E-state index contributed by atoms with van der Waals surface area (Å²) in [5.41, 5.74) is -0.177. The molecule has 2 N–H and O–H groups in total. The minimum Gasteiger partial charge on any atom is -0.478 e. The first-order valence-electron chi connectivity index (χ1n) is 10.1. The van der Waals surface area contributed by atoms with E-state index in [1.54, 1.807) is 13.8 Å². The van der Waals surface area contributed by atoms with Gasteiger partial charge in [-0.2, -0.15) is 5.10 Å². The first kappa shape index (κ1) is 23.8. The van der Waals surface area contributed by atoms with Crippen LogP contribution in [-0.4, -0.2) is 26.8 Å². The number of hydrogen-bond donors (Lipinski definition) is 2. The van der Waals surface area contributed by atoms with Crippen molar-refractivity contribution in [1.82, 2.24) is 15.1 Å². The van der Waals surface area contributed by atoms with E-state index in [1.165, 1.54) is 49.5 Å². The first-order chi connectivity index (χ1) is 15.6. The number of amides is 1. The minimum absolute atomic E-state index is 0.0750. The van der Waals surface area contributed by atoms with Gasteiger partial charge in [0, 0.05) is 7.05 Å². The van der Waals surface area contributed by atoms with E-state index in [0.29, 0.717) is 17.5 Å². The highest BCUT2D eigenvalue weighted by atomic mass is 19.3. The van der Waals surface area contributed by atoms with Crippen LogP contribution >= 0.6 is 0 Å². The van der Waals surface area contributed by atoms with Crippen molar-refractivity contribution in [3.63, 3.8) is 0 Å². The number of aromatic nitrogens is 2. The van der Waals surface area contributed by atoms with E-state index in [2.05, 4.69) is 10.4 Å². The zero-order chi connectivity index (χ0) is 24.3. The number of nitrogens with zero attached hydrogens (tertiary/aromatic N) is 2. The summed E-state index contributed by atoms with van der Waals surface area (Å²) in [6, 6.07) is 9.13. The van der Waals surface area contributed by atoms with E-state index in [0.717, 1.165) is 4.68 Å². The second-order valence-corrected chi connectivity index (χ2v) is 7.32. The molecule has 174 valence electrons. The lowest BCUT2D eigenvalue weighted by atomic mass is 10.1. The molecule has 0 aliphatic rings. The molecule has 0 aliphatic carbocycles. The quantitative estimate of drug-likeness (QED) is 0.490. The number of hydrogen-bond acceptors (Lipinski definition) is 4. The van der Waals surface area contributed by atoms with Gasteiger partial charge in [0.2, 0.25) is 5.88 Å².